The molecular weight excluding hydrogens is 317 g/mol. The van der Waals surface area contributed by atoms with Gasteiger partial charge >= 0.3 is 6.01 Å². The largest absolute Gasteiger partial charge is 0.480 e. The van der Waals surface area contributed by atoms with Crippen LogP contribution in [0.4, 0.5) is 4.39 Å². The molecule has 0 saturated heterocycles. The van der Waals surface area contributed by atoms with Crippen molar-refractivity contribution in [3.05, 3.63) is 40.2 Å². The van der Waals surface area contributed by atoms with E-state index >= 15 is 0 Å². The molecule has 0 bridgehead atoms. The van der Waals surface area contributed by atoms with E-state index in [1.165, 1.54) is 25.4 Å². The zero-order valence-electron chi connectivity index (χ0n) is 9.72. The van der Waals surface area contributed by atoms with Gasteiger partial charge in [0.05, 0.1) is 29.4 Å². The number of nitrogens with zero attached hydrogens (tertiary/aromatic N) is 3. The average molecular weight is 324 g/mol. The Kier molecular flexibility index (Phi) is 3.92. The van der Waals surface area contributed by atoms with E-state index in [4.69, 9.17) is 14.7 Å². The van der Waals surface area contributed by atoms with Gasteiger partial charge in [0.1, 0.15) is 0 Å². The van der Waals surface area contributed by atoms with Crippen molar-refractivity contribution in [2.45, 2.75) is 0 Å². The van der Waals surface area contributed by atoms with Crippen molar-refractivity contribution >= 4 is 15.9 Å². The number of hydrogen-bond acceptors (Lipinski definition) is 5. The molecule has 1 aromatic heterocycles. The van der Waals surface area contributed by atoms with E-state index in [9.17, 15) is 4.39 Å². The maximum Gasteiger partial charge on any atom is 0.325 e. The molecular formula is C12H7BrFN3O2. The summed E-state index contributed by atoms with van der Waals surface area (Å²) in [6.07, 6.45) is 1.43. The Hall–Kier alpha value is -2.20. The number of ether oxygens (including phenoxy) is 2. The van der Waals surface area contributed by atoms with Crippen LogP contribution in [0.2, 0.25) is 0 Å². The van der Waals surface area contributed by atoms with Gasteiger partial charge in [0.15, 0.2) is 11.6 Å². The van der Waals surface area contributed by atoms with Crippen molar-refractivity contribution in [3.63, 3.8) is 0 Å². The molecule has 5 nitrogen and oxygen atoms in total. The zero-order valence-corrected chi connectivity index (χ0v) is 11.3. The summed E-state index contributed by atoms with van der Waals surface area (Å²) in [5.74, 6) is -0.452. The molecule has 0 spiro atoms. The molecule has 0 N–H and O–H groups in total. The Bertz CT molecular complexity index is 658. The van der Waals surface area contributed by atoms with Gasteiger partial charge in [-0.2, -0.15) is 10.2 Å². The predicted molar refractivity (Wildman–Crippen MR) is 67.5 cm³/mol. The molecule has 19 heavy (non-hydrogen) atoms. The van der Waals surface area contributed by atoms with Gasteiger partial charge in [0.25, 0.3) is 0 Å². The third-order valence-corrected chi connectivity index (χ3v) is 2.69. The van der Waals surface area contributed by atoms with E-state index in [2.05, 4.69) is 25.9 Å². The molecule has 0 amide bonds. The SMILES string of the molecule is COc1nc(Oc2ccc(C#N)cc2F)ncc1Br. The van der Waals surface area contributed by atoms with Crippen LogP contribution in [0.15, 0.2) is 28.9 Å². The molecule has 1 aromatic carbocycles. The first-order chi connectivity index (χ1) is 9.13. The molecule has 2 aromatic rings. The highest BCUT2D eigenvalue weighted by molar-refractivity contribution is 9.10. The number of methoxy groups -OCH3 is 1. The summed E-state index contributed by atoms with van der Waals surface area (Å²) in [6, 6.07) is 5.63. The van der Waals surface area contributed by atoms with Crippen molar-refractivity contribution in [3.8, 4) is 23.7 Å². The molecule has 0 aliphatic rings. The standard InChI is InChI=1S/C12H7BrFN3O2/c1-18-11-8(13)6-16-12(17-11)19-10-3-2-7(5-15)4-9(10)14/h2-4,6H,1H3. The topological polar surface area (TPSA) is 68.0 Å². The average Bonchev–Trinajstić information content (AvgIpc) is 2.43. The summed E-state index contributed by atoms with van der Waals surface area (Å²) < 4.78 is 24.3. The molecule has 0 saturated carbocycles. The molecule has 0 radical (unpaired) electrons. The van der Waals surface area contributed by atoms with E-state index in [0.29, 0.717) is 4.47 Å². The Balaban J connectivity index is 2.29. The lowest BCUT2D eigenvalue weighted by Gasteiger charge is -2.07. The van der Waals surface area contributed by atoms with Gasteiger partial charge in [-0.25, -0.2) is 9.37 Å². The van der Waals surface area contributed by atoms with E-state index in [1.54, 1.807) is 0 Å². The fourth-order valence-electron chi connectivity index (χ4n) is 1.28. The second-order valence-electron chi connectivity index (χ2n) is 3.37. The molecule has 1 heterocycles. The van der Waals surface area contributed by atoms with Crippen LogP contribution in [0.3, 0.4) is 0 Å². The van der Waals surface area contributed by atoms with E-state index in [-0.39, 0.29) is 23.2 Å². The van der Waals surface area contributed by atoms with E-state index in [1.807, 2.05) is 6.07 Å². The third kappa shape index (κ3) is 2.98. The van der Waals surface area contributed by atoms with Crippen LogP contribution >= 0.6 is 15.9 Å². The van der Waals surface area contributed by atoms with Crippen LogP contribution in [0, 0.1) is 17.1 Å². The highest BCUT2D eigenvalue weighted by Crippen LogP contribution is 2.27. The Morgan fingerprint density at radius 3 is 2.84 bits per heavy atom. The minimum absolute atomic E-state index is 0.0522. The quantitative estimate of drug-likeness (QED) is 0.868. The lowest BCUT2D eigenvalue weighted by Crippen LogP contribution is -1.97. The van der Waals surface area contributed by atoms with Gasteiger partial charge in [0.2, 0.25) is 5.88 Å². The summed E-state index contributed by atoms with van der Waals surface area (Å²) in [5.41, 5.74) is 0.208. The second-order valence-corrected chi connectivity index (χ2v) is 4.22. The summed E-state index contributed by atoms with van der Waals surface area (Å²) in [7, 11) is 1.44. The van der Waals surface area contributed by atoms with Crippen molar-refractivity contribution in [1.29, 1.82) is 5.26 Å². The normalized spacial score (nSPS) is 9.79. The van der Waals surface area contributed by atoms with E-state index in [0.717, 1.165) is 6.07 Å². The minimum atomic E-state index is -0.662. The van der Waals surface area contributed by atoms with Crippen molar-refractivity contribution in [2.24, 2.45) is 0 Å². The smallest absolute Gasteiger partial charge is 0.325 e. The summed E-state index contributed by atoms with van der Waals surface area (Å²) >= 11 is 3.19. The minimum Gasteiger partial charge on any atom is -0.480 e. The molecule has 0 fully saturated rings. The van der Waals surface area contributed by atoms with Gasteiger partial charge in [-0.1, -0.05) is 0 Å². The number of hydrogen-bond donors (Lipinski definition) is 0. The summed E-state index contributed by atoms with van der Waals surface area (Å²) in [5, 5.41) is 8.64. The fraction of sp³-hybridized carbons (Fsp3) is 0.0833. The molecule has 0 aliphatic heterocycles. The van der Waals surface area contributed by atoms with Crippen LogP contribution in [0.5, 0.6) is 17.6 Å². The molecule has 0 atom stereocenters. The second kappa shape index (κ2) is 5.63. The number of halogens is 2. The van der Waals surface area contributed by atoms with Crippen LogP contribution in [-0.2, 0) is 0 Å². The number of aromatic nitrogens is 2. The first kappa shape index (κ1) is 13.2. The number of benzene rings is 1. The lowest BCUT2D eigenvalue weighted by molar-refractivity contribution is 0.366. The van der Waals surface area contributed by atoms with Crippen molar-refractivity contribution in [2.75, 3.05) is 7.11 Å². The highest BCUT2D eigenvalue weighted by atomic mass is 79.9. The maximum absolute atomic E-state index is 13.6. The molecule has 0 aliphatic carbocycles. The van der Waals surface area contributed by atoms with Gasteiger partial charge in [-0.15, -0.1) is 0 Å². The van der Waals surface area contributed by atoms with E-state index < -0.39 is 5.82 Å². The van der Waals surface area contributed by atoms with Crippen molar-refractivity contribution in [1.82, 2.24) is 9.97 Å². The molecule has 96 valence electrons. The lowest BCUT2D eigenvalue weighted by atomic mass is 10.2. The van der Waals surface area contributed by atoms with Crippen LogP contribution in [0.1, 0.15) is 5.56 Å². The van der Waals surface area contributed by atoms with Crippen LogP contribution < -0.4 is 9.47 Å². The summed E-state index contributed by atoms with van der Waals surface area (Å²) in [4.78, 5) is 7.81. The van der Waals surface area contributed by atoms with Crippen molar-refractivity contribution < 1.29 is 13.9 Å². The molecule has 2 rings (SSSR count). The van der Waals surface area contributed by atoms with Gasteiger partial charge < -0.3 is 9.47 Å². The van der Waals surface area contributed by atoms with Crippen LogP contribution in [-0.4, -0.2) is 17.1 Å². The number of nitriles is 1. The summed E-state index contributed by atoms with van der Waals surface area (Å²) in [6.45, 7) is 0. The highest BCUT2D eigenvalue weighted by Gasteiger charge is 2.10. The molecule has 0 unspecified atom stereocenters. The van der Waals surface area contributed by atoms with Gasteiger partial charge in [-0.3, -0.25) is 0 Å². The maximum atomic E-state index is 13.6. The fourth-order valence-corrected chi connectivity index (χ4v) is 1.63. The first-order valence-electron chi connectivity index (χ1n) is 5.08. The van der Waals surface area contributed by atoms with Gasteiger partial charge in [-0.05, 0) is 34.1 Å². The number of rotatable bonds is 3. The Morgan fingerprint density at radius 2 is 2.21 bits per heavy atom. The monoisotopic (exact) mass is 323 g/mol. The third-order valence-electron chi connectivity index (χ3n) is 2.15. The predicted octanol–water partition coefficient (Wildman–Crippen LogP) is 3.05. The Labute approximate surface area is 116 Å². The van der Waals surface area contributed by atoms with Crippen LogP contribution in [0.25, 0.3) is 0 Å². The first-order valence-corrected chi connectivity index (χ1v) is 5.87. The van der Waals surface area contributed by atoms with Gasteiger partial charge in [0, 0.05) is 0 Å². The Morgan fingerprint density at radius 1 is 1.42 bits per heavy atom. The zero-order chi connectivity index (χ0) is 13.8. The molecule has 7 heteroatoms.